The van der Waals surface area contributed by atoms with Crippen LogP contribution in [0.15, 0.2) is 121 Å². The standard InChI is InChI=1S/2C30H37Si2.C2H7Si.2ClH.Zr/c2*1-8-12-23-15-16-24-17-25(22-13-10-9-11-14-22)20-29(24)30(23)26-18-27(31(2,3)4)21-28(19-26)32(5,6)7;1-3-2;;;/h2*9-11,13-21H,8,12H2,1-7H3;3H,1-2H3;2*1H;/q;;;;;+2/p-2. The first-order valence-corrected chi connectivity index (χ1v) is 56.7. The van der Waals surface area contributed by atoms with Crippen LogP contribution in [0.5, 0.6) is 0 Å². The van der Waals surface area contributed by atoms with E-state index in [1.807, 2.05) is 0 Å². The Morgan fingerprint density at radius 1 is 0.429 bits per heavy atom. The monoisotopic (exact) mass is 1130 g/mol. The fraction of sp³-hybridized carbons (Fsp3) is 0.355. The van der Waals surface area contributed by atoms with Gasteiger partial charge >= 0.3 is 441 Å². The van der Waals surface area contributed by atoms with E-state index in [1.54, 1.807) is 20.7 Å². The Morgan fingerprint density at radius 2 is 0.743 bits per heavy atom. The normalized spacial score (nSPS) is 17.0. The molecule has 70 heavy (non-hydrogen) atoms. The second-order valence-corrected chi connectivity index (χ2v) is 88.3. The van der Waals surface area contributed by atoms with Gasteiger partial charge in [-0.05, 0) is 0 Å². The van der Waals surface area contributed by atoms with Crippen molar-refractivity contribution in [2.24, 2.45) is 0 Å². The van der Waals surface area contributed by atoms with Crippen molar-refractivity contribution in [1.29, 1.82) is 0 Å². The van der Waals surface area contributed by atoms with Gasteiger partial charge in [0.25, 0.3) is 0 Å². The molecule has 2 atom stereocenters. The predicted octanol–water partition coefficient (Wildman–Crippen LogP) is 17.0. The van der Waals surface area contributed by atoms with Crippen molar-refractivity contribution in [3.8, 4) is 22.3 Å². The summed E-state index contributed by atoms with van der Waals surface area (Å²) in [7, 11) is 12.1. The first kappa shape index (κ1) is 53.6. The van der Waals surface area contributed by atoms with Crippen molar-refractivity contribution in [3.05, 3.63) is 166 Å². The topological polar surface area (TPSA) is 0 Å². The molecule has 0 nitrogen and oxygen atoms in total. The zero-order valence-electron chi connectivity index (χ0n) is 45.5. The van der Waals surface area contributed by atoms with Crippen LogP contribution in [0.25, 0.3) is 45.6 Å². The predicted molar refractivity (Wildman–Crippen MR) is 328 cm³/mol. The second-order valence-electron chi connectivity index (χ2n) is 25.5. The Morgan fingerprint density at radius 3 is 1.01 bits per heavy atom. The number of halogens is 2. The zero-order valence-corrected chi connectivity index (χ0v) is 54.6. The van der Waals surface area contributed by atoms with Gasteiger partial charge in [0.05, 0.1) is 0 Å². The Balaban J connectivity index is 1.49. The molecule has 0 heterocycles. The molecule has 367 valence electrons. The number of benzene rings is 6. The van der Waals surface area contributed by atoms with E-state index < -0.39 is 53.8 Å². The molecule has 6 aromatic rings. The summed E-state index contributed by atoms with van der Waals surface area (Å²) >= 11 is -5.41. The van der Waals surface area contributed by atoms with Gasteiger partial charge < -0.3 is 0 Å². The van der Waals surface area contributed by atoms with Crippen LogP contribution >= 0.6 is 17.0 Å². The molecular weight excluding hydrogens is 1050 g/mol. The summed E-state index contributed by atoms with van der Waals surface area (Å²) in [6.45, 7) is 39.8. The van der Waals surface area contributed by atoms with E-state index in [0.29, 0.717) is 0 Å². The molecule has 0 saturated heterocycles. The molecule has 0 radical (unpaired) electrons. The third kappa shape index (κ3) is 9.90. The third-order valence-corrected chi connectivity index (χ3v) is 75.6. The molecule has 0 amide bonds. The van der Waals surface area contributed by atoms with Crippen LogP contribution < -0.4 is 20.7 Å². The van der Waals surface area contributed by atoms with Crippen molar-refractivity contribution >= 4 is 99.3 Å². The molecule has 0 saturated carbocycles. The Kier molecular flexibility index (Phi) is 15.0. The molecule has 2 aliphatic rings. The number of rotatable bonds is 15. The summed E-state index contributed by atoms with van der Waals surface area (Å²) in [6, 6.07) is 47.9. The maximum atomic E-state index is 9.40. The first-order valence-electron chi connectivity index (χ1n) is 26.4. The minimum atomic E-state index is -5.41. The summed E-state index contributed by atoms with van der Waals surface area (Å²) < 4.78 is -0.203. The van der Waals surface area contributed by atoms with Gasteiger partial charge in [-0.1, -0.05) is 0 Å². The summed E-state index contributed by atoms with van der Waals surface area (Å²) in [5.74, 6) is -1.94. The number of hydrogen-bond donors (Lipinski definition) is 0. The number of aryl methyl sites for hydroxylation is 2. The number of hydrogen-bond acceptors (Lipinski definition) is 0. The molecule has 8 heteroatoms. The van der Waals surface area contributed by atoms with Gasteiger partial charge in [0.1, 0.15) is 0 Å². The van der Waals surface area contributed by atoms with E-state index in [9.17, 15) is 17.0 Å². The van der Waals surface area contributed by atoms with Gasteiger partial charge in [-0.2, -0.15) is 0 Å². The van der Waals surface area contributed by atoms with E-state index in [4.69, 9.17) is 0 Å². The molecule has 0 aliphatic heterocycles. The van der Waals surface area contributed by atoms with E-state index in [0.717, 1.165) is 25.7 Å². The molecule has 2 aliphatic carbocycles. The van der Waals surface area contributed by atoms with Gasteiger partial charge in [0.15, 0.2) is 0 Å². The molecule has 0 fully saturated rings. The van der Waals surface area contributed by atoms with Gasteiger partial charge in [0.2, 0.25) is 0 Å². The fourth-order valence-corrected chi connectivity index (χ4v) is 46.8. The third-order valence-electron chi connectivity index (χ3n) is 15.9. The Labute approximate surface area is 437 Å². The van der Waals surface area contributed by atoms with E-state index in [-0.39, 0.29) is 7.25 Å². The first-order chi connectivity index (χ1) is 32.7. The summed E-state index contributed by atoms with van der Waals surface area (Å²) in [5.41, 5.74) is 19.0. The second kappa shape index (κ2) is 19.6. The van der Waals surface area contributed by atoms with Crippen molar-refractivity contribution in [3.63, 3.8) is 0 Å². The van der Waals surface area contributed by atoms with Crippen molar-refractivity contribution < 1.29 is 15.6 Å². The van der Waals surface area contributed by atoms with Crippen molar-refractivity contribution in [2.45, 2.75) is 138 Å². The quantitative estimate of drug-likeness (QED) is 0.0899. The average molecular weight is 1130 g/mol. The molecule has 8 rings (SSSR count). The van der Waals surface area contributed by atoms with E-state index >= 15 is 0 Å². The van der Waals surface area contributed by atoms with Crippen LogP contribution in [0.1, 0.15) is 78.4 Å². The van der Waals surface area contributed by atoms with E-state index in [2.05, 4.69) is 239 Å². The SMILES string of the molecule is CCCc1ccc2c(c1-c1cc([Si](C)(C)C)cc([Si](C)(C)C)c1)C=C(c1ccccc1)[CH]2[Zr]([Cl])([Cl])([CH]1C(c2ccccc2)=Cc2c1ccc(CCC)c2-c1cc([Si](C)(C)C)cc([Si](C)(C)C)c1)[SiH](C)C. The average Bonchev–Trinajstić information content (AvgIpc) is 3.89. The van der Waals surface area contributed by atoms with Crippen LogP contribution in [0.3, 0.4) is 0 Å². The van der Waals surface area contributed by atoms with Crippen molar-refractivity contribution in [1.82, 2.24) is 0 Å². The van der Waals surface area contributed by atoms with Crippen molar-refractivity contribution in [2.75, 3.05) is 0 Å². The molecule has 0 aromatic heterocycles. The molecule has 6 aromatic carbocycles. The van der Waals surface area contributed by atoms with Gasteiger partial charge in [0, 0.05) is 0 Å². The molecular formula is C62H81Cl2Si5Zr. The van der Waals surface area contributed by atoms with Crippen LogP contribution in [0.2, 0.25) is 91.7 Å². The Hall–Kier alpha value is -2.65. The van der Waals surface area contributed by atoms with Crippen LogP contribution in [-0.4, -0.2) is 38.2 Å². The van der Waals surface area contributed by atoms with Gasteiger partial charge in [-0.25, -0.2) is 0 Å². The minimum absolute atomic E-state index is 0.101. The zero-order chi connectivity index (χ0) is 51.0. The number of allylic oxidation sites excluding steroid dienone is 2. The summed E-state index contributed by atoms with van der Waals surface area (Å²) in [6.07, 6.45) is 9.39. The maximum absolute atomic E-state index is 9.40. The molecule has 2 unspecified atom stereocenters. The summed E-state index contributed by atoms with van der Waals surface area (Å²) in [5, 5.41) is 6.18. The van der Waals surface area contributed by atoms with Gasteiger partial charge in [-0.3, -0.25) is 0 Å². The van der Waals surface area contributed by atoms with Crippen LogP contribution in [0, 0.1) is 0 Å². The molecule has 0 spiro atoms. The Bertz CT molecular complexity index is 2750. The fourth-order valence-electron chi connectivity index (χ4n) is 11.7. The van der Waals surface area contributed by atoms with Crippen LogP contribution in [-0.2, 0) is 28.4 Å². The van der Waals surface area contributed by atoms with Crippen LogP contribution in [0.4, 0.5) is 0 Å². The number of fused-ring (bicyclic) bond motifs is 2. The van der Waals surface area contributed by atoms with E-state index in [1.165, 1.54) is 77.9 Å². The van der Waals surface area contributed by atoms with Gasteiger partial charge in [-0.15, -0.1) is 0 Å². The molecule has 0 N–H and O–H groups in total. The molecule has 0 bridgehead atoms. The summed E-state index contributed by atoms with van der Waals surface area (Å²) in [4.78, 5) is 0.